The summed E-state index contributed by atoms with van der Waals surface area (Å²) in [6.45, 7) is 4.06. The van der Waals surface area contributed by atoms with Crippen LogP contribution < -0.4 is 0 Å². The number of likely N-dealkylation sites (tertiary alicyclic amines) is 1. The van der Waals surface area contributed by atoms with E-state index >= 15 is 0 Å². The molecule has 1 aliphatic rings. The van der Waals surface area contributed by atoms with Crippen LogP contribution in [-0.2, 0) is 11.3 Å². The first-order chi connectivity index (χ1) is 7.25. The zero-order valence-electron chi connectivity index (χ0n) is 9.52. The van der Waals surface area contributed by atoms with E-state index in [1.807, 2.05) is 6.07 Å². The highest BCUT2D eigenvalue weighted by Gasteiger charge is 2.26. The Bertz CT molecular complexity index is 289. The molecule has 0 aliphatic carbocycles. The van der Waals surface area contributed by atoms with Crippen molar-refractivity contribution < 1.29 is 4.74 Å². The van der Waals surface area contributed by atoms with Crippen LogP contribution in [-0.4, -0.2) is 30.6 Å². The van der Waals surface area contributed by atoms with E-state index in [1.165, 1.54) is 5.56 Å². The lowest BCUT2D eigenvalue weighted by atomic mass is 10.2. The molecule has 2 nitrogen and oxygen atoms in total. The van der Waals surface area contributed by atoms with Gasteiger partial charge in [-0.25, -0.2) is 0 Å². The van der Waals surface area contributed by atoms with Crippen LogP contribution in [0.15, 0.2) is 30.3 Å². The Balaban J connectivity index is 1.80. The van der Waals surface area contributed by atoms with Crippen LogP contribution in [0.1, 0.15) is 18.9 Å². The molecule has 1 aromatic rings. The van der Waals surface area contributed by atoms with Crippen molar-refractivity contribution in [3.05, 3.63) is 35.9 Å². The zero-order chi connectivity index (χ0) is 10.7. The van der Waals surface area contributed by atoms with Crippen molar-refractivity contribution in [1.29, 1.82) is 0 Å². The molecule has 0 bridgehead atoms. The minimum atomic E-state index is 0.408. The lowest BCUT2D eigenvalue weighted by molar-refractivity contribution is 0.0481. The van der Waals surface area contributed by atoms with Crippen LogP contribution >= 0.6 is 0 Å². The normalized spacial score (nSPS) is 27.1. The predicted molar refractivity (Wildman–Crippen MR) is 61.7 cm³/mol. The maximum absolute atomic E-state index is 5.89. The third-order valence-electron chi connectivity index (χ3n) is 3.18. The molecule has 2 heteroatoms. The number of hydrogen-bond donors (Lipinski definition) is 0. The van der Waals surface area contributed by atoms with Gasteiger partial charge in [0.25, 0.3) is 0 Å². The van der Waals surface area contributed by atoms with Crippen molar-refractivity contribution in [3.63, 3.8) is 0 Å². The fourth-order valence-electron chi connectivity index (χ4n) is 2.05. The van der Waals surface area contributed by atoms with Gasteiger partial charge in [-0.05, 0) is 26.0 Å². The summed E-state index contributed by atoms with van der Waals surface area (Å²) in [6, 6.07) is 11.0. The Morgan fingerprint density at radius 2 is 2.07 bits per heavy atom. The summed E-state index contributed by atoms with van der Waals surface area (Å²) in [6.07, 6.45) is 1.56. The minimum Gasteiger partial charge on any atom is -0.372 e. The molecule has 0 saturated carbocycles. The average Bonchev–Trinajstić information content (AvgIpc) is 2.57. The van der Waals surface area contributed by atoms with E-state index in [0.29, 0.717) is 12.1 Å². The summed E-state index contributed by atoms with van der Waals surface area (Å²) in [5.41, 5.74) is 1.26. The number of hydrogen-bond acceptors (Lipinski definition) is 2. The van der Waals surface area contributed by atoms with Gasteiger partial charge in [0.2, 0.25) is 0 Å². The van der Waals surface area contributed by atoms with Crippen molar-refractivity contribution in [2.45, 2.75) is 32.1 Å². The van der Waals surface area contributed by atoms with Gasteiger partial charge in [-0.3, -0.25) is 0 Å². The van der Waals surface area contributed by atoms with Crippen LogP contribution in [0.4, 0.5) is 0 Å². The summed E-state index contributed by atoms with van der Waals surface area (Å²) < 4.78 is 5.89. The van der Waals surface area contributed by atoms with Crippen molar-refractivity contribution >= 4 is 0 Å². The molecule has 1 fully saturated rings. The monoisotopic (exact) mass is 205 g/mol. The van der Waals surface area contributed by atoms with Gasteiger partial charge >= 0.3 is 0 Å². The van der Waals surface area contributed by atoms with Crippen LogP contribution in [0.2, 0.25) is 0 Å². The van der Waals surface area contributed by atoms with Crippen molar-refractivity contribution in [2.75, 3.05) is 13.6 Å². The molecule has 0 unspecified atom stereocenters. The van der Waals surface area contributed by atoms with E-state index in [2.05, 4.69) is 43.1 Å². The third kappa shape index (κ3) is 2.80. The van der Waals surface area contributed by atoms with Crippen molar-refractivity contribution in [1.82, 2.24) is 4.90 Å². The van der Waals surface area contributed by atoms with E-state index in [4.69, 9.17) is 4.74 Å². The average molecular weight is 205 g/mol. The number of rotatable bonds is 3. The van der Waals surface area contributed by atoms with Crippen molar-refractivity contribution in [2.24, 2.45) is 0 Å². The molecular formula is C13H19NO. The summed E-state index contributed by atoms with van der Waals surface area (Å²) in [5.74, 6) is 0. The van der Waals surface area contributed by atoms with Gasteiger partial charge in [0.05, 0.1) is 12.7 Å². The summed E-state index contributed by atoms with van der Waals surface area (Å²) >= 11 is 0. The molecule has 15 heavy (non-hydrogen) atoms. The second-order valence-corrected chi connectivity index (χ2v) is 4.44. The summed E-state index contributed by atoms with van der Waals surface area (Å²) in [7, 11) is 2.16. The molecule has 0 N–H and O–H groups in total. The zero-order valence-corrected chi connectivity index (χ0v) is 9.52. The minimum absolute atomic E-state index is 0.408. The number of likely N-dealkylation sites (N-methyl/N-ethyl adjacent to an activating group) is 1. The first-order valence-electron chi connectivity index (χ1n) is 5.61. The molecule has 0 radical (unpaired) electrons. The van der Waals surface area contributed by atoms with E-state index in [1.54, 1.807) is 0 Å². The number of nitrogens with zero attached hydrogens (tertiary/aromatic N) is 1. The van der Waals surface area contributed by atoms with Crippen LogP contribution in [0.25, 0.3) is 0 Å². The largest absolute Gasteiger partial charge is 0.372 e. The van der Waals surface area contributed by atoms with E-state index in [0.717, 1.165) is 19.6 Å². The van der Waals surface area contributed by atoms with Gasteiger partial charge in [0.15, 0.2) is 0 Å². The Morgan fingerprint density at radius 3 is 2.67 bits per heavy atom. The highest BCUT2D eigenvalue weighted by atomic mass is 16.5. The van der Waals surface area contributed by atoms with Crippen LogP contribution in [0.5, 0.6) is 0 Å². The molecule has 82 valence electrons. The maximum atomic E-state index is 5.89. The molecule has 2 atom stereocenters. The highest BCUT2D eigenvalue weighted by molar-refractivity contribution is 5.13. The molecule has 2 rings (SSSR count). The summed E-state index contributed by atoms with van der Waals surface area (Å²) in [4.78, 5) is 2.36. The standard InChI is InChI=1S/C13H19NO/c1-11-8-13(9-14(11)2)15-10-12-6-4-3-5-7-12/h3-7,11,13H,8-10H2,1-2H3/t11-,13-/m1/s1. The maximum Gasteiger partial charge on any atom is 0.0721 e. The van der Waals surface area contributed by atoms with Gasteiger partial charge in [-0.1, -0.05) is 30.3 Å². The van der Waals surface area contributed by atoms with Crippen LogP contribution in [0, 0.1) is 0 Å². The van der Waals surface area contributed by atoms with Gasteiger partial charge in [-0.15, -0.1) is 0 Å². The van der Waals surface area contributed by atoms with E-state index in [-0.39, 0.29) is 0 Å². The smallest absolute Gasteiger partial charge is 0.0721 e. The molecule has 1 aromatic carbocycles. The number of ether oxygens (including phenoxy) is 1. The number of benzene rings is 1. The molecule has 1 saturated heterocycles. The lowest BCUT2D eigenvalue weighted by Crippen LogP contribution is -2.22. The topological polar surface area (TPSA) is 12.5 Å². The van der Waals surface area contributed by atoms with Crippen LogP contribution in [0.3, 0.4) is 0 Å². The fraction of sp³-hybridized carbons (Fsp3) is 0.538. The predicted octanol–water partition coefficient (Wildman–Crippen LogP) is 2.30. The SMILES string of the molecule is C[C@@H]1C[C@@H](OCc2ccccc2)CN1C. The highest BCUT2D eigenvalue weighted by Crippen LogP contribution is 2.18. The van der Waals surface area contributed by atoms with E-state index < -0.39 is 0 Å². The molecule has 0 amide bonds. The Labute approximate surface area is 91.9 Å². The second kappa shape index (κ2) is 4.77. The summed E-state index contributed by atoms with van der Waals surface area (Å²) in [5, 5.41) is 0. The van der Waals surface area contributed by atoms with Gasteiger partial charge in [0, 0.05) is 12.6 Å². The first kappa shape index (κ1) is 10.7. The van der Waals surface area contributed by atoms with Gasteiger partial charge in [-0.2, -0.15) is 0 Å². The molecular weight excluding hydrogens is 186 g/mol. The molecule has 1 heterocycles. The molecule has 0 aromatic heterocycles. The molecule has 0 spiro atoms. The quantitative estimate of drug-likeness (QED) is 0.750. The van der Waals surface area contributed by atoms with Crippen molar-refractivity contribution in [3.8, 4) is 0 Å². The Morgan fingerprint density at radius 1 is 1.33 bits per heavy atom. The first-order valence-corrected chi connectivity index (χ1v) is 5.61. The Kier molecular flexibility index (Phi) is 3.39. The van der Waals surface area contributed by atoms with E-state index in [9.17, 15) is 0 Å². The fourth-order valence-corrected chi connectivity index (χ4v) is 2.05. The second-order valence-electron chi connectivity index (χ2n) is 4.44. The van der Waals surface area contributed by atoms with Gasteiger partial charge < -0.3 is 9.64 Å². The molecule has 1 aliphatic heterocycles. The van der Waals surface area contributed by atoms with Gasteiger partial charge in [0.1, 0.15) is 0 Å². The lowest BCUT2D eigenvalue weighted by Gasteiger charge is -2.12. The Hall–Kier alpha value is -0.860. The third-order valence-corrected chi connectivity index (χ3v) is 3.18.